The predicted molar refractivity (Wildman–Crippen MR) is 130 cm³/mol. The van der Waals surface area contributed by atoms with E-state index in [1.807, 2.05) is 6.92 Å². The first-order valence-electron chi connectivity index (χ1n) is 12.0. The Morgan fingerprint density at radius 2 is 1.78 bits per heavy atom. The Balaban J connectivity index is 1.38. The largest absolute Gasteiger partial charge is 0.391 e. The maximum absolute atomic E-state index is 15.8. The molecule has 1 saturated heterocycles. The van der Waals surface area contributed by atoms with Gasteiger partial charge in [-0.05, 0) is 50.1 Å². The van der Waals surface area contributed by atoms with E-state index in [0.29, 0.717) is 22.5 Å². The van der Waals surface area contributed by atoms with Crippen LogP contribution in [0.2, 0.25) is 0 Å². The summed E-state index contributed by atoms with van der Waals surface area (Å²) in [6.45, 7) is 2.24. The molecule has 6 rings (SSSR count). The number of aryl methyl sites for hydroxylation is 1. The Morgan fingerprint density at radius 1 is 1.05 bits per heavy atom. The lowest BCUT2D eigenvalue weighted by molar-refractivity contribution is -0.179. The number of nitrogens with one attached hydrogen (secondary N) is 1. The summed E-state index contributed by atoms with van der Waals surface area (Å²) in [5.41, 5.74) is 4.53. The molecule has 0 saturated carbocycles. The van der Waals surface area contributed by atoms with Crippen LogP contribution in [0, 0.1) is 18.7 Å². The van der Waals surface area contributed by atoms with Crippen molar-refractivity contribution in [3.05, 3.63) is 71.1 Å². The van der Waals surface area contributed by atoms with Crippen LogP contribution in [0.25, 0.3) is 11.0 Å². The highest BCUT2D eigenvalue weighted by atomic mass is 19.4. The van der Waals surface area contributed by atoms with E-state index < -0.39 is 24.0 Å². The van der Waals surface area contributed by atoms with Gasteiger partial charge in [0.25, 0.3) is 5.91 Å². The summed E-state index contributed by atoms with van der Waals surface area (Å²) in [7, 11) is 1.74. The smallest absolute Gasteiger partial charge is 0.371 e. The van der Waals surface area contributed by atoms with E-state index in [1.54, 1.807) is 53.3 Å². The molecule has 1 atom stereocenters. The van der Waals surface area contributed by atoms with Crippen LogP contribution >= 0.6 is 0 Å². The summed E-state index contributed by atoms with van der Waals surface area (Å²) in [6.07, 6.45) is -2.69. The second kappa shape index (κ2) is 8.32. The molecule has 0 bridgehead atoms. The Hall–Kier alpha value is -3.89. The lowest BCUT2D eigenvalue weighted by Gasteiger charge is -2.34. The Bertz CT molecular complexity index is 1520. The molecule has 7 nitrogen and oxygen atoms in total. The maximum atomic E-state index is 15.8. The highest BCUT2D eigenvalue weighted by Gasteiger charge is 2.45. The van der Waals surface area contributed by atoms with Crippen molar-refractivity contribution in [2.75, 3.05) is 22.9 Å². The second-order valence-electron chi connectivity index (χ2n) is 9.66. The molecule has 2 aromatic heterocycles. The number of aromatic amines is 1. The SMILES string of the molecule is Cc1c2c(nn1C)C(=O)N(c1ccc3nc[nH]c3c1)C2c1ccc(N2CCC(C(F)(F)F)CC2)cc1F. The fraction of sp³-hybridized carbons (Fsp3) is 0.346. The Morgan fingerprint density at radius 3 is 2.49 bits per heavy atom. The molecule has 4 aromatic rings. The molecule has 1 amide bonds. The number of piperidine rings is 1. The zero-order chi connectivity index (χ0) is 26.1. The molecule has 1 N–H and O–H groups in total. The minimum absolute atomic E-state index is 0.0217. The fourth-order valence-corrected chi connectivity index (χ4v) is 5.50. The third-order valence-electron chi connectivity index (χ3n) is 7.62. The number of fused-ring (bicyclic) bond motifs is 2. The zero-order valence-corrected chi connectivity index (χ0v) is 20.2. The topological polar surface area (TPSA) is 70.0 Å². The van der Waals surface area contributed by atoms with Gasteiger partial charge in [0.05, 0.1) is 29.3 Å². The number of anilines is 2. The number of H-pyrrole nitrogens is 1. The van der Waals surface area contributed by atoms with Gasteiger partial charge in [-0.2, -0.15) is 18.3 Å². The summed E-state index contributed by atoms with van der Waals surface area (Å²) in [5.74, 6) is -2.19. The number of amides is 1. The van der Waals surface area contributed by atoms with E-state index in [-0.39, 0.29) is 37.5 Å². The number of aromatic nitrogens is 4. The third kappa shape index (κ3) is 3.75. The van der Waals surface area contributed by atoms with Crippen molar-refractivity contribution < 1.29 is 22.4 Å². The molecular formula is C26H24F4N6O. The molecule has 0 radical (unpaired) electrons. The fourth-order valence-electron chi connectivity index (χ4n) is 5.50. The number of carbonyl (C=O) groups is 1. The van der Waals surface area contributed by atoms with Crippen LogP contribution in [0.5, 0.6) is 0 Å². The van der Waals surface area contributed by atoms with Gasteiger partial charge in [0, 0.05) is 48.3 Å². The number of hydrogen-bond acceptors (Lipinski definition) is 4. The summed E-state index contributed by atoms with van der Waals surface area (Å²) < 4.78 is 56.6. The van der Waals surface area contributed by atoms with E-state index in [1.165, 1.54) is 11.0 Å². The van der Waals surface area contributed by atoms with Gasteiger partial charge in [-0.1, -0.05) is 6.07 Å². The molecule has 1 fully saturated rings. The van der Waals surface area contributed by atoms with E-state index in [4.69, 9.17) is 0 Å². The van der Waals surface area contributed by atoms with Crippen molar-refractivity contribution in [2.45, 2.75) is 32.0 Å². The Kier molecular flexibility index (Phi) is 5.29. The van der Waals surface area contributed by atoms with E-state index in [2.05, 4.69) is 15.1 Å². The van der Waals surface area contributed by atoms with E-state index >= 15 is 4.39 Å². The predicted octanol–water partition coefficient (Wildman–Crippen LogP) is 5.27. The van der Waals surface area contributed by atoms with Gasteiger partial charge in [-0.3, -0.25) is 14.4 Å². The van der Waals surface area contributed by atoms with E-state index in [0.717, 1.165) is 16.7 Å². The number of benzene rings is 2. The quantitative estimate of drug-likeness (QED) is 0.380. The van der Waals surface area contributed by atoms with Crippen molar-refractivity contribution in [3.8, 4) is 0 Å². The van der Waals surface area contributed by atoms with Crippen molar-refractivity contribution in [1.82, 2.24) is 19.7 Å². The minimum atomic E-state index is -4.21. The molecule has 1 unspecified atom stereocenters. The summed E-state index contributed by atoms with van der Waals surface area (Å²) >= 11 is 0. The second-order valence-corrected chi connectivity index (χ2v) is 9.66. The van der Waals surface area contributed by atoms with Gasteiger partial charge in [-0.15, -0.1) is 0 Å². The summed E-state index contributed by atoms with van der Waals surface area (Å²) in [6, 6.07) is 9.31. The number of carbonyl (C=O) groups excluding carboxylic acids is 1. The van der Waals surface area contributed by atoms with Gasteiger partial charge in [0.1, 0.15) is 5.82 Å². The number of imidazole rings is 1. The molecule has 37 heavy (non-hydrogen) atoms. The van der Waals surface area contributed by atoms with Crippen LogP contribution in [0.3, 0.4) is 0 Å². The Labute approximate surface area is 209 Å². The summed E-state index contributed by atoms with van der Waals surface area (Å²) in [5, 5.41) is 4.41. The van der Waals surface area contributed by atoms with Crippen molar-refractivity contribution in [1.29, 1.82) is 0 Å². The van der Waals surface area contributed by atoms with Crippen molar-refractivity contribution >= 4 is 28.3 Å². The molecule has 2 aliphatic rings. The molecule has 0 aliphatic carbocycles. The van der Waals surface area contributed by atoms with Gasteiger partial charge < -0.3 is 9.88 Å². The highest BCUT2D eigenvalue weighted by molar-refractivity contribution is 6.11. The third-order valence-corrected chi connectivity index (χ3v) is 7.62. The molecule has 0 spiro atoms. The number of alkyl halides is 3. The summed E-state index contributed by atoms with van der Waals surface area (Å²) in [4.78, 5) is 24.1. The lowest BCUT2D eigenvalue weighted by atomic mass is 9.95. The van der Waals surface area contributed by atoms with Gasteiger partial charge in [0.15, 0.2) is 5.69 Å². The number of nitrogens with zero attached hydrogens (tertiary/aromatic N) is 5. The van der Waals surface area contributed by atoms with Crippen LogP contribution in [0.1, 0.15) is 46.2 Å². The first-order valence-corrected chi connectivity index (χ1v) is 12.0. The van der Waals surface area contributed by atoms with Crippen LogP contribution in [-0.4, -0.2) is 44.9 Å². The number of halogens is 4. The van der Waals surface area contributed by atoms with Crippen LogP contribution < -0.4 is 9.80 Å². The van der Waals surface area contributed by atoms with Crippen LogP contribution in [0.4, 0.5) is 28.9 Å². The zero-order valence-electron chi connectivity index (χ0n) is 20.2. The molecule has 2 aromatic carbocycles. The normalized spacial score (nSPS) is 18.8. The number of rotatable bonds is 3. The molecule has 11 heteroatoms. The van der Waals surface area contributed by atoms with Crippen LogP contribution in [-0.2, 0) is 7.05 Å². The standard InChI is InChI=1S/C26H24F4N6O/c1-14-22-23(33-34(14)2)25(37)36(17-4-6-20-21(12-17)32-13-31-20)24(22)18-5-3-16(11-19(18)27)35-9-7-15(8-10-35)26(28,29)30/h3-6,11-13,15,24H,7-10H2,1-2H3,(H,31,32). The van der Waals surface area contributed by atoms with Gasteiger partial charge in [0.2, 0.25) is 0 Å². The molecular weight excluding hydrogens is 488 g/mol. The van der Waals surface area contributed by atoms with Gasteiger partial charge >= 0.3 is 6.18 Å². The molecule has 2 aliphatic heterocycles. The monoisotopic (exact) mass is 512 g/mol. The van der Waals surface area contributed by atoms with Crippen LogP contribution in [0.15, 0.2) is 42.7 Å². The van der Waals surface area contributed by atoms with E-state index in [9.17, 15) is 18.0 Å². The average molecular weight is 513 g/mol. The first-order chi connectivity index (χ1) is 17.6. The van der Waals surface area contributed by atoms with Crippen molar-refractivity contribution in [2.24, 2.45) is 13.0 Å². The highest BCUT2D eigenvalue weighted by Crippen LogP contribution is 2.44. The average Bonchev–Trinajstić information content (AvgIpc) is 3.53. The molecule has 4 heterocycles. The number of hydrogen-bond donors (Lipinski definition) is 1. The van der Waals surface area contributed by atoms with Gasteiger partial charge in [-0.25, -0.2) is 9.37 Å². The lowest BCUT2D eigenvalue weighted by Crippen LogP contribution is -2.39. The molecule has 192 valence electrons. The first kappa shape index (κ1) is 23.5. The van der Waals surface area contributed by atoms with Crippen molar-refractivity contribution in [3.63, 3.8) is 0 Å². The minimum Gasteiger partial charge on any atom is -0.371 e. The maximum Gasteiger partial charge on any atom is 0.391 e.